The van der Waals surface area contributed by atoms with Crippen LogP contribution in [0.2, 0.25) is 0 Å². The topological polar surface area (TPSA) is 102 Å². The lowest BCUT2D eigenvalue weighted by Gasteiger charge is -2.02. The van der Waals surface area contributed by atoms with Crippen LogP contribution in [0.15, 0.2) is 70.1 Å². The van der Waals surface area contributed by atoms with Crippen molar-refractivity contribution in [2.24, 2.45) is 4.99 Å². The third-order valence-corrected chi connectivity index (χ3v) is 4.20. The molecule has 0 saturated carbocycles. The normalized spacial score (nSPS) is 11.3. The summed E-state index contributed by atoms with van der Waals surface area (Å²) >= 11 is 0. The van der Waals surface area contributed by atoms with E-state index in [2.05, 4.69) is 9.98 Å². The largest absolute Gasteiger partial charge is 0.502 e. The fourth-order valence-electron chi connectivity index (χ4n) is 2.87. The number of benzene rings is 3. The Balaban J connectivity index is 1.68. The molecule has 1 N–H and O–H groups in total. The second-order valence-electron chi connectivity index (χ2n) is 6.27. The first-order valence-corrected chi connectivity index (χ1v) is 8.49. The van der Waals surface area contributed by atoms with Gasteiger partial charge in [0, 0.05) is 23.4 Å². The quantitative estimate of drug-likeness (QED) is 0.302. The van der Waals surface area contributed by atoms with E-state index in [1.807, 2.05) is 30.3 Å². The van der Waals surface area contributed by atoms with E-state index < -0.39 is 10.7 Å². The summed E-state index contributed by atoms with van der Waals surface area (Å²) in [5.41, 5.74) is 3.33. The maximum atomic E-state index is 11.0. The van der Waals surface area contributed by atoms with Crippen molar-refractivity contribution in [2.75, 3.05) is 0 Å². The van der Waals surface area contributed by atoms with Gasteiger partial charge in [-0.3, -0.25) is 15.1 Å². The van der Waals surface area contributed by atoms with Crippen LogP contribution in [-0.4, -0.2) is 21.2 Å². The smallest absolute Gasteiger partial charge is 0.311 e. The summed E-state index contributed by atoms with van der Waals surface area (Å²) in [6, 6.07) is 17.8. The zero-order chi connectivity index (χ0) is 19.7. The molecule has 3 aromatic carbocycles. The number of phenols is 1. The highest BCUT2D eigenvalue weighted by atomic mass is 16.6. The van der Waals surface area contributed by atoms with Crippen molar-refractivity contribution in [1.29, 1.82) is 0 Å². The number of aryl methyl sites for hydroxylation is 1. The fourth-order valence-corrected chi connectivity index (χ4v) is 2.87. The van der Waals surface area contributed by atoms with Crippen LogP contribution in [0, 0.1) is 17.0 Å². The minimum atomic E-state index is -0.619. The van der Waals surface area contributed by atoms with E-state index in [0.29, 0.717) is 28.2 Å². The number of aliphatic imine (C=N–C) groups is 1. The molecule has 0 saturated heterocycles. The maximum absolute atomic E-state index is 11.0. The first kappa shape index (κ1) is 17.4. The van der Waals surface area contributed by atoms with Crippen LogP contribution in [0.4, 0.5) is 11.4 Å². The lowest BCUT2D eigenvalue weighted by molar-refractivity contribution is -0.385. The minimum Gasteiger partial charge on any atom is -0.502 e. The Kier molecular flexibility index (Phi) is 4.33. The molecule has 138 valence electrons. The fraction of sp³-hybridized carbons (Fsp3) is 0.0476. The highest BCUT2D eigenvalue weighted by Gasteiger charge is 2.17. The standard InChI is InChI=1S/C21H15N3O4/c1-13-9-15(20(25)18(10-13)24(26)27)12-22-16-7-8-19-17(11-16)23-21(28-19)14-5-3-2-4-6-14/h2-12,25H,1H3. The molecule has 0 unspecified atom stereocenters. The number of fused-ring (bicyclic) bond motifs is 1. The van der Waals surface area contributed by atoms with Gasteiger partial charge in [0.05, 0.1) is 10.6 Å². The molecule has 1 heterocycles. The van der Waals surface area contributed by atoms with E-state index in [4.69, 9.17) is 4.42 Å². The van der Waals surface area contributed by atoms with E-state index in [-0.39, 0.29) is 11.3 Å². The maximum Gasteiger partial charge on any atom is 0.311 e. The third kappa shape index (κ3) is 3.33. The Morgan fingerprint density at radius 3 is 2.68 bits per heavy atom. The van der Waals surface area contributed by atoms with Crippen LogP contribution in [0.25, 0.3) is 22.6 Å². The number of hydrogen-bond acceptors (Lipinski definition) is 6. The summed E-state index contributed by atoms with van der Waals surface area (Å²) < 4.78 is 5.77. The van der Waals surface area contributed by atoms with E-state index in [9.17, 15) is 15.2 Å². The lowest BCUT2D eigenvalue weighted by atomic mass is 10.1. The molecule has 4 rings (SSSR count). The molecule has 0 atom stereocenters. The van der Waals surface area contributed by atoms with Crippen molar-refractivity contribution >= 4 is 28.7 Å². The van der Waals surface area contributed by atoms with Gasteiger partial charge in [0.2, 0.25) is 11.6 Å². The summed E-state index contributed by atoms with van der Waals surface area (Å²) in [5, 5.41) is 21.2. The van der Waals surface area contributed by atoms with Crippen LogP contribution in [-0.2, 0) is 0 Å². The van der Waals surface area contributed by atoms with Crippen LogP contribution >= 0.6 is 0 Å². The van der Waals surface area contributed by atoms with Gasteiger partial charge < -0.3 is 9.52 Å². The molecular formula is C21H15N3O4. The molecule has 0 spiro atoms. The predicted molar refractivity (Wildman–Crippen MR) is 106 cm³/mol. The molecule has 7 nitrogen and oxygen atoms in total. The molecule has 7 heteroatoms. The predicted octanol–water partition coefficient (Wildman–Crippen LogP) is 5.17. The highest BCUT2D eigenvalue weighted by Crippen LogP contribution is 2.31. The molecule has 0 aliphatic heterocycles. The Labute approximate surface area is 159 Å². The lowest BCUT2D eigenvalue weighted by Crippen LogP contribution is -1.93. The minimum absolute atomic E-state index is 0.275. The van der Waals surface area contributed by atoms with E-state index in [0.717, 1.165) is 5.56 Å². The van der Waals surface area contributed by atoms with Crippen LogP contribution in [0.3, 0.4) is 0 Å². The average molecular weight is 373 g/mol. The van der Waals surface area contributed by atoms with E-state index in [1.165, 1.54) is 12.3 Å². The van der Waals surface area contributed by atoms with Gasteiger partial charge in [-0.2, -0.15) is 0 Å². The summed E-state index contributed by atoms with van der Waals surface area (Å²) in [7, 11) is 0. The summed E-state index contributed by atoms with van der Waals surface area (Å²) in [5.74, 6) is 0.108. The monoisotopic (exact) mass is 373 g/mol. The van der Waals surface area contributed by atoms with Gasteiger partial charge in [-0.25, -0.2) is 4.98 Å². The van der Waals surface area contributed by atoms with Crippen molar-refractivity contribution in [3.8, 4) is 17.2 Å². The molecule has 0 bridgehead atoms. The highest BCUT2D eigenvalue weighted by molar-refractivity contribution is 5.89. The van der Waals surface area contributed by atoms with Crippen molar-refractivity contribution in [2.45, 2.75) is 6.92 Å². The Hall–Kier alpha value is -4.00. The number of hydrogen-bond donors (Lipinski definition) is 1. The number of rotatable bonds is 4. The SMILES string of the molecule is Cc1cc(C=Nc2ccc3oc(-c4ccccc4)nc3c2)c(O)c([N+](=O)[O-])c1. The van der Waals surface area contributed by atoms with Crippen LogP contribution in [0.1, 0.15) is 11.1 Å². The third-order valence-electron chi connectivity index (χ3n) is 4.20. The van der Waals surface area contributed by atoms with Gasteiger partial charge in [-0.15, -0.1) is 0 Å². The van der Waals surface area contributed by atoms with Crippen molar-refractivity contribution in [3.05, 3.63) is 81.9 Å². The second kappa shape index (κ2) is 6.96. The van der Waals surface area contributed by atoms with Crippen LogP contribution in [0.5, 0.6) is 5.75 Å². The van der Waals surface area contributed by atoms with Crippen molar-refractivity contribution in [1.82, 2.24) is 4.98 Å². The van der Waals surface area contributed by atoms with Crippen molar-refractivity contribution < 1.29 is 14.4 Å². The molecule has 0 aliphatic carbocycles. The number of oxazole rings is 1. The summed E-state index contributed by atoms with van der Waals surface area (Å²) in [6.45, 7) is 1.72. The number of aromatic nitrogens is 1. The number of phenolic OH excluding ortho intramolecular Hbond substituents is 1. The number of nitro benzene ring substituents is 1. The molecule has 0 fully saturated rings. The summed E-state index contributed by atoms with van der Waals surface area (Å²) in [4.78, 5) is 19.2. The number of nitro groups is 1. The molecule has 4 aromatic rings. The Morgan fingerprint density at radius 1 is 1.14 bits per heavy atom. The Morgan fingerprint density at radius 2 is 1.93 bits per heavy atom. The van der Waals surface area contributed by atoms with E-state index >= 15 is 0 Å². The van der Waals surface area contributed by atoms with E-state index in [1.54, 1.807) is 31.2 Å². The number of nitrogens with zero attached hydrogens (tertiary/aromatic N) is 3. The van der Waals surface area contributed by atoms with Gasteiger partial charge >= 0.3 is 5.69 Å². The zero-order valence-electron chi connectivity index (χ0n) is 14.9. The van der Waals surface area contributed by atoms with Gasteiger partial charge in [-0.05, 0) is 48.9 Å². The Bertz CT molecular complexity index is 1210. The first-order valence-electron chi connectivity index (χ1n) is 8.49. The van der Waals surface area contributed by atoms with Gasteiger partial charge in [0.15, 0.2) is 5.58 Å². The molecular weight excluding hydrogens is 358 g/mol. The van der Waals surface area contributed by atoms with Gasteiger partial charge in [0.25, 0.3) is 0 Å². The zero-order valence-corrected chi connectivity index (χ0v) is 14.9. The molecule has 28 heavy (non-hydrogen) atoms. The average Bonchev–Trinajstić information content (AvgIpc) is 3.12. The van der Waals surface area contributed by atoms with Crippen LogP contribution < -0.4 is 0 Å². The van der Waals surface area contributed by atoms with Gasteiger partial charge in [-0.1, -0.05) is 18.2 Å². The molecule has 0 amide bonds. The first-order chi connectivity index (χ1) is 13.5. The molecule has 1 aromatic heterocycles. The molecule has 0 radical (unpaired) electrons. The van der Waals surface area contributed by atoms with Crippen molar-refractivity contribution in [3.63, 3.8) is 0 Å². The second-order valence-corrected chi connectivity index (χ2v) is 6.27. The van der Waals surface area contributed by atoms with Gasteiger partial charge in [0.1, 0.15) is 5.52 Å². The molecule has 0 aliphatic rings. The number of aromatic hydroxyl groups is 1. The summed E-state index contributed by atoms with van der Waals surface area (Å²) in [6.07, 6.45) is 1.40.